The molecule has 0 bridgehead atoms. The number of carbonyl (C=O) groups excluding carboxylic acids is 1. The molecule has 0 saturated heterocycles. The molecule has 1 aliphatic rings. The Kier molecular flexibility index (Phi) is 5.13. The van der Waals surface area contributed by atoms with Gasteiger partial charge in [-0.2, -0.15) is 0 Å². The molecule has 3 aromatic carbocycles. The normalized spacial score (nSPS) is 16.6. The van der Waals surface area contributed by atoms with Crippen molar-refractivity contribution in [2.75, 3.05) is 6.61 Å². The van der Waals surface area contributed by atoms with Crippen LogP contribution in [0.4, 0.5) is 0 Å². The molecule has 1 unspecified atom stereocenters. The van der Waals surface area contributed by atoms with Crippen molar-refractivity contribution < 1.29 is 24.2 Å². The molecule has 0 amide bonds. The van der Waals surface area contributed by atoms with Crippen LogP contribution in [0.15, 0.2) is 79.0 Å². The lowest BCUT2D eigenvalue weighted by molar-refractivity contribution is -0.141. The Hall–Kier alpha value is -4.06. The number of aromatic nitrogens is 1. The van der Waals surface area contributed by atoms with Gasteiger partial charge in [0.15, 0.2) is 11.2 Å². The summed E-state index contributed by atoms with van der Waals surface area (Å²) in [7, 11) is 0. The summed E-state index contributed by atoms with van der Waals surface area (Å²) < 4.78 is 11.8. The van der Waals surface area contributed by atoms with Gasteiger partial charge < -0.3 is 19.6 Å². The molecular formula is C27H23NO5. The monoisotopic (exact) mass is 441 g/mol. The molecule has 5 rings (SSSR count). The van der Waals surface area contributed by atoms with Gasteiger partial charge in [0.2, 0.25) is 0 Å². The number of carboxylic acid groups (broad SMARTS) is 1. The standard InChI is InChI=1S/C27H23NO5/c1-27(26(30)31,22-6-4-7-23-21(22)13-14-28-23)25(29)17-9-11-19(12-10-17)32-16-20-15-18-5-2-3-8-24(18)33-20/h2-14,20,28H,15-16H2,1H3,(H,30,31)/t20-,27?/m0/s1. The highest BCUT2D eigenvalue weighted by atomic mass is 16.5. The van der Waals surface area contributed by atoms with E-state index in [9.17, 15) is 14.7 Å². The maximum Gasteiger partial charge on any atom is 0.321 e. The number of aromatic amines is 1. The van der Waals surface area contributed by atoms with Crippen LogP contribution in [-0.2, 0) is 16.6 Å². The Morgan fingerprint density at radius 3 is 2.61 bits per heavy atom. The third-order valence-electron chi connectivity index (χ3n) is 6.28. The molecule has 2 N–H and O–H groups in total. The summed E-state index contributed by atoms with van der Waals surface area (Å²) >= 11 is 0. The van der Waals surface area contributed by atoms with E-state index in [2.05, 4.69) is 4.98 Å². The van der Waals surface area contributed by atoms with Crippen LogP contribution in [0.3, 0.4) is 0 Å². The number of carbonyl (C=O) groups is 2. The van der Waals surface area contributed by atoms with Crippen LogP contribution in [0, 0.1) is 0 Å². The first-order valence-electron chi connectivity index (χ1n) is 10.8. The maximum atomic E-state index is 13.4. The fraction of sp³-hybridized carbons (Fsp3) is 0.185. The van der Waals surface area contributed by atoms with Gasteiger partial charge in [-0.25, -0.2) is 0 Å². The summed E-state index contributed by atoms with van der Waals surface area (Å²) in [4.78, 5) is 28.8. The van der Waals surface area contributed by atoms with Crippen molar-refractivity contribution in [2.24, 2.45) is 0 Å². The van der Waals surface area contributed by atoms with Crippen molar-refractivity contribution in [1.29, 1.82) is 0 Å². The Morgan fingerprint density at radius 2 is 1.85 bits per heavy atom. The molecule has 2 atom stereocenters. The average Bonchev–Trinajstić information content (AvgIpc) is 3.48. The smallest absolute Gasteiger partial charge is 0.321 e. The Labute approximate surface area is 190 Å². The van der Waals surface area contributed by atoms with E-state index in [0.717, 1.165) is 23.3 Å². The van der Waals surface area contributed by atoms with Crippen molar-refractivity contribution >= 4 is 22.7 Å². The number of Topliss-reactive ketones (excluding diaryl/α,β-unsaturated/α-hetero) is 1. The van der Waals surface area contributed by atoms with Crippen LogP contribution in [0.2, 0.25) is 0 Å². The summed E-state index contributed by atoms with van der Waals surface area (Å²) in [6.07, 6.45) is 2.45. The number of hydrogen-bond acceptors (Lipinski definition) is 4. The Bertz CT molecular complexity index is 1320. The summed E-state index contributed by atoms with van der Waals surface area (Å²) in [6, 6.07) is 21.6. The number of nitrogens with one attached hydrogen (secondary N) is 1. The summed E-state index contributed by atoms with van der Waals surface area (Å²) in [5.74, 6) is -0.197. The lowest BCUT2D eigenvalue weighted by atomic mass is 9.75. The SMILES string of the molecule is CC(C(=O)O)(C(=O)c1ccc(OC[C@@H]2Cc3ccccc3O2)cc1)c1cccc2[nH]ccc12. The van der Waals surface area contributed by atoms with Crippen molar-refractivity contribution in [3.63, 3.8) is 0 Å². The molecule has 166 valence electrons. The van der Waals surface area contributed by atoms with Gasteiger partial charge in [-0.3, -0.25) is 9.59 Å². The molecule has 1 aromatic heterocycles. The number of ketones is 1. The van der Waals surface area contributed by atoms with E-state index in [1.54, 1.807) is 48.7 Å². The molecule has 0 spiro atoms. The lowest BCUT2D eigenvalue weighted by Gasteiger charge is -2.25. The van der Waals surface area contributed by atoms with E-state index in [-0.39, 0.29) is 6.10 Å². The number of fused-ring (bicyclic) bond motifs is 2. The summed E-state index contributed by atoms with van der Waals surface area (Å²) in [5, 5.41) is 10.8. The fourth-order valence-corrected chi connectivity index (χ4v) is 4.38. The van der Waals surface area contributed by atoms with Crippen LogP contribution in [0.5, 0.6) is 11.5 Å². The van der Waals surface area contributed by atoms with Crippen LogP contribution in [-0.4, -0.2) is 34.6 Å². The predicted molar refractivity (Wildman–Crippen MR) is 124 cm³/mol. The van der Waals surface area contributed by atoms with Gasteiger partial charge in [0.05, 0.1) is 0 Å². The van der Waals surface area contributed by atoms with Crippen LogP contribution in [0.1, 0.15) is 28.4 Å². The first-order valence-corrected chi connectivity index (χ1v) is 10.8. The minimum atomic E-state index is -1.73. The number of H-pyrrole nitrogens is 1. The van der Waals surface area contributed by atoms with Gasteiger partial charge in [0.25, 0.3) is 0 Å². The van der Waals surface area contributed by atoms with Crippen molar-refractivity contribution in [3.8, 4) is 11.5 Å². The lowest BCUT2D eigenvalue weighted by Crippen LogP contribution is -2.41. The van der Waals surface area contributed by atoms with Crippen LogP contribution < -0.4 is 9.47 Å². The third-order valence-corrected chi connectivity index (χ3v) is 6.28. The summed E-state index contributed by atoms with van der Waals surface area (Å²) in [6.45, 7) is 1.84. The quantitative estimate of drug-likeness (QED) is 0.318. The van der Waals surface area contributed by atoms with Crippen molar-refractivity contribution in [2.45, 2.75) is 24.9 Å². The molecule has 6 heteroatoms. The van der Waals surface area contributed by atoms with E-state index >= 15 is 0 Å². The second-order valence-electron chi connectivity index (χ2n) is 8.39. The Balaban J connectivity index is 1.33. The van der Waals surface area contributed by atoms with E-state index < -0.39 is 17.2 Å². The van der Waals surface area contributed by atoms with Gasteiger partial charge in [-0.1, -0.05) is 30.3 Å². The number of ether oxygens (including phenoxy) is 2. The molecule has 0 aliphatic carbocycles. The number of para-hydroxylation sites is 1. The third kappa shape index (κ3) is 3.63. The van der Waals surface area contributed by atoms with Gasteiger partial charge in [-0.05, 0) is 60.5 Å². The highest BCUT2D eigenvalue weighted by Crippen LogP contribution is 2.34. The van der Waals surface area contributed by atoms with E-state index in [4.69, 9.17) is 9.47 Å². The molecule has 4 aromatic rings. The number of rotatable bonds is 7. The zero-order chi connectivity index (χ0) is 23.0. The molecule has 1 aliphatic heterocycles. The first kappa shape index (κ1) is 20.8. The van der Waals surface area contributed by atoms with Crippen LogP contribution >= 0.6 is 0 Å². The average molecular weight is 441 g/mol. The number of hydrogen-bond donors (Lipinski definition) is 2. The number of benzene rings is 3. The highest BCUT2D eigenvalue weighted by molar-refractivity contribution is 6.18. The zero-order valence-corrected chi connectivity index (χ0v) is 18.1. The second-order valence-corrected chi connectivity index (χ2v) is 8.39. The summed E-state index contributed by atoms with van der Waals surface area (Å²) in [5.41, 5.74) is 0.986. The number of aliphatic carboxylic acids is 1. The van der Waals surface area contributed by atoms with Gasteiger partial charge in [0, 0.05) is 29.1 Å². The van der Waals surface area contributed by atoms with E-state index in [1.807, 2.05) is 30.3 Å². The number of carboxylic acids is 1. The van der Waals surface area contributed by atoms with Gasteiger partial charge in [-0.15, -0.1) is 0 Å². The molecule has 2 heterocycles. The van der Waals surface area contributed by atoms with Gasteiger partial charge in [0.1, 0.15) is 24.2 Å². The zero-order valence-electron chi connectivity index (χ0n) is 18.1. The molecule has 0 fully saturated rings. The van der Waals surface area contributed by atoms with E-state index in [1.165, 1.54) is 6.92 Å². The maximum absolute atomic E-state index is 13.4. The van der Waals surface area contributed by atoms with Crippen molar-refractivity contribution in [1.82, 2.24) is 4.98 Å². The predicted octanol–water partition coefficient (Wildman–Crippen LogP) is 4.78. The first-order chi connectivity index (χ1) is 16.0. The second kappa shape index (κ2) is 8.13. The fourth-order valence-electron chi connectivity index (χ4n) is 4.38. The Morgan fingerprint density at radius 1 is 1.06 bits per heavy atom. The molecular weight excluding hydrogens is 418 g/mol. The van der Waals surface area contributed by atoms with E-state index in [0.29, 0.717) is 28.9 Å². The van der Waals surface area contributed by atoms with Crippen molar-refractivity contribution in [3.05, 3.63) is 95.7 Å². The van der Waals surface area contributed by atoms with Crippen LogP contribution in [0.25, 0.3) is 10.9 Å². The largest absolute Gasteiger partial charge is 0.490 e. The minimum Gasteiger partial charge on any atom is -0.490 e. The molecule has 6 nitrogen and oxygen atoms in total. The topological polar surface area (TPSA) is 88.6 Å². The molecule has 0 radical (unpaired) electrons. The van der Waals surface area contributed by atoms with Gasteiger partial charge >= 0.3 is 5.97 Å². The molecule has 0 saturated carbocycles. The minimum absolute atomic E-state index is 0.0687. The molecule has 33 heavy (non-hydrogen) atoms. The highest BCUT2D eigenvalue weighted by Gasteiger charge is 2.44.